The van der Waals surface area contributed by atoms with Crippen LogP contribution >= 0.6 is 11.3 Å². The van der Waals surface area contributed by atoms with Gasteiger partial charge in [-0.2, -0.15) is 0 Å². The van der Waals surface area contributed by atoms with Gasteiger partial charge in [0.2, 0.25) is 0 Å². The first-order valence-electron chi connectivity index (χ1n) is 5.53. The molecule has 0 aromatic carbocycles. The smallest absolute Gasteiger partial charge is 0.0416 e. The fourth-order valence-corrected chi connectivity index (χ4v) is 2.36. The van der Waals surface area contributed by atoms with Gasteiger partial charge in [-0.1, -0.05) is 12.1 Å². The quantitative estimate of drug-likeness (QED) is 0.857. The second kappa shape index (κ2) is 5.77. The maximum absolute atomic E-state index is 4.30. The standard InChI is InChI=1S/C13H16N2S/c1-11(13-6-4-10-16-13)14-9-7-12-5-2-3-8-15-12/h2-6,8,10-11,14H,7,9H2,1H3/t11-/m0/s1. The molecule has 1 N–H and O–H groups in total. The Bertz CT molecular complexity index is 397. The molecule has 1 atom stereocenters. The van der Waals surface area contributed by atoms with Crippen molar-refractivity contribution < 1.29 is 0 Å². The Morgan fingerprint density at radius 2 is 2.25 bits per heavy atom. The second-order valence-electron chi connectivity index (χ2n) is 3.76. The summed E-state index contributed by atoms with van der Waals surface area (Å²) in [5.41, 5.74) is 1.15. The van der Waals surface area contributed by atoms with Gasteiger partial charge in [0.15, 0.2) is 0 Å². The molecule has 2 rings (SSSR count). The van der Waals surface area contributed by atoms with Gasteiger partial charge in [0.25, 0.3) is 0 Å². The molecule has 0 aliphatic rings. The van der Waals surface area contributed by atoms with Crippen LogP contribution in [-0.4, -0.2) is 11.5 Å². The first kappa shape index (κ1) is 11.3. The number of hydrogen-bond donors (Lipinski definition) is 1. The lowest BCUT2D eigenvalue weighted by Gasteiger charge is -2.11. The van der Waals surface area contributed by atoms with E-state index in [2.05, 4.69) is 40.8 Å². The van der Waals surface area contributed by atoms with E-state index in [-0.39, 0.29) is 0 Å². The van der Waals surface area contributed by atoms with Crippen LogP contribution in [0.3, 0.4) is 0 Å². The molecule has 0 bridgehead atoms. The molecule has 0 unspecified atom stereocenters. The van der Waals surface area contributed by atoms with Gasteiger partial charge in [0.1, 0.15) is 0 Å². The maximum atomic E-state index is 4.30. The van der Waals surface area contributed by atoms with Crippen molar-refractivity contribution in [2.45, 2.75) is 19.4 Å². The van der Waals surface area contributed by atoms with Gasteiger partial charge >= 0.3 is 0 Å². The Balaban J connectivity index is 1.76. The third kappa shape index (κ3) is 3.15. The van der Waals surface area contributed by atoms with Gasteiger partial charge < -0.3 is 5.32 Å². The Hall–Kier alpha value is -1.19. The predicted molar refractivity (Wildman–Crippen MR) is 68.7 cm³/mol. The number of nitrogens with zero attached hydrogens (tertiary/aromatic N) is 1. The number of aromatic nitrogens is 1. The molecule has 0 aliphatic carbocycles. The molecule has 2 nitrogen and oxygen atoms in total. The number of thiophene rings is 1. The Kier molecular flexibility index (Phi) is 4.08. The summed E-state index contributed by atoms with van der Waals surface area (Å²) in [6, 6.07) is 10.7. The Labute approximate surface area is 100 Å². The molecule has 84 valence electrons. The minimum atomic E-state index is 0.434. The normalized spacial score (nSPS) is 12.6. The average molecular weight is 232 g/mol. The summed E-state index contributed by atoms with van der Waals surface area (Å²) in [6.45, 7) is 3.17. The summed E-state index contributed by atoms with van der Waals surface area (Å²) in [5, 5.41) is 5.62. The van der Waals surface area contributed by atoms with E-state index in [0.717, 1.165) is 18.7 Å². The van der Waals surface area contributed by atoms with Gasteiger partial charge in [-0.15, -0.1) is 11.3 Å². The van der Waals surface area contributed by atoms with Crippen LogP contribution in [0.4, 0.5) is 0 Å². The topological polar surface area (TPSA) is 24.9 Å². The zero-order chi connectivity index (χ0) is 11.2. The molecule has 16 heavy (non-hydrogen) atoms. The van der Waals surface area contributed by atoms with Crippen LogP contribution in [-0.2, 0) is 6.42 Å². The average Bonchev–Trinajstić information content (AvgIpc) is 2.84. The number of hydrogen-bond acceptors (Lipinski definition) is 3. The van der Waals surface area contributed by atoms with Crippen LogP contribution in [0.25, 0.3) is 0 Å². The minimum Gasteiger partial charge on any atom is -0.309 e. The van der Waals surface area contributed by atoms with E-state index in [1.54, 1.807) is 11.3 Å². The van der Waals surface area contributed by atoms with Crippen molar-refractivity contribution in [3.8, 4) is 0 Å². The van der Waals surface area contributed by atoms with Crippen molar-refractivity contribution in [1.29, 1.82) is 0 Å². The van der Waals surface area contributed by atoms with E-state index < -0.39 is 0 Å². The van der Waals surface area contributed by atoms with Gasteiger partial charge in [0, 0.05) is 35.8 Å². The number of rotatable bonds is 5. The molecule has 0 saturated heterocycles. The van der Waals surface area contributed by atoms with Crippen molar-refractivity contribution in [2.24, 2.45) is 0 Å². The summed E-state index contributed by atoms with van der Waals surface area (Å²) >= 11 is 1.80. The maximum Gasteiger partial charge on any atom is 0.0416 e. The highest BCUT2D eigenvalue weighted by Gasteiger charge is 2.04. The summed E-state index contributed by atoms with van der Waals surface area (Å²) in [4.78, 5) is 5.69. The highest BCUT2D eigenvalue weighted by molar-refractivity contribution is 7.10. The van der Waals surface area contributed by atoms with E-state index in [1.807, 2.05) is 18.3 Å². The third-order valence-electron chi connectivity index (χ3n) is 2.53. The van der Waals surface area contributed by atoms with Crippen LogP contribution < -0.4 is 5.32 Å². The van der Waals surface area contributed by atoms with Gasteiger partial charge in [0.05, 0.1) is 0 Å². The summed E-state index contributed by atoms with van der Waals surface area (Å²) in [6.07, 6.45) is 2.83. The van der Waals surface area contributed by atoms with Crippen LogP contribution in [0.15, 0.2) is 41.9 Å². The van der Waals surface area contributed by atoms with E-state index in [9.17, 15) is 0 Å². The molecule has 0 saturated carbocycles. The van der Waals surface area contributed by atoms with Crippen molar-refractivity contribution >= 4 is 11.3 Å². The van der Waals surface area contributed by atoms with Crippen LogP contribution in [0.2, 0.25) is 0 Å². The molecule has 3 heteroatoms. The third-order valence-corrected chi connectivity index (χ3v) is 3.58. The van der Waals surface area contributed by atoms with Crippen LogP contribution in [0.1, 0.15) is 23.5 Å². The molecule has 0 amide bonds. The SMILES string of the molecule is C[C@H](NCCc1ccccn1)c1cccs1. The molecular formula is C13H16N2S. The van der Waals surface area contributed by atoms with Gasteiger partial charge in [-0.25, -0.2) is 0 Å². The summed E-state index contributed by atoms with van der Waals surface area (Å²) in [7, 11) is 0. The minimum absolute atomic E-state index is 0.434. The van der Waals surface area contributed by atoms with Crippen LogP contribution in [0.5, 0.6) is 0 Å². The summed E-state index contributed by atoms with van der Waals surface area (Å²) < 4.78 is 0. The molecule has 0 radical (unpaired) electrons. The first-order valence-corrected chi connectivity index (χ1v) is 6.41. The molecule has 0 fully saturated rings. The van der Waals surface area contributed by atoms with Gasteiger partial charge in [-0.05, 0) is 30.5 Å². The van der Waals surface area contributed by atoms with Crippen molar-refractivity contribution in [3.05, 3.63) is 52.5 Å². The fraction of sp³-hybridized carbons (Fsp3) is 0.308. The molecule has 2 aromatic rings. The number of nitrogens with one attached hydrogen (secondary N) is 1. The van der Waals surface area contributed by atoms with E-state index >= 15 is 0 Å². The number of pyridine rings is 1. The Morgan fingerprint density at radius 3 is 2.94 bits per heavy atom. The van der Waals surface area contributed by atoms with E-state index in [0.29, 0.717) is 6.04 Å². The second-order valence-corrected chi connectivity index (χ2v) is 4.74. The lowest BCUT2D eigenvalue weighted by atomic mass is 10.2. The van der Waals surface area contributed by atoms with Crippen molar-refractivity contribution in [1.82, 2.24) is 10.3 Å². The Morgan fingerprint density at radius 1 is 1.31 bits per heavy atom. The predicted octanol–water partition coefficient (Wildman–Crippen LogP) is 3.04. The largest absolute Gasteiger partial charge is 0.309 e. The first-order chi connectivity index (χ1) is 7.86. The highest BCUT2D eigenvalue weighted by atomic mass is 32.1. The van der Waals surface area contributed by atoms with E-state index in [4.69, 9.17) is 0 Å². The zero-order valence-corrected chi connectivity index (χ0v) is 10.2. The molecule has 0 aliphatic heterocycles. The zero-order valence-electron chi connectivity index (χ0n) is 9.39. The summed E-state index contributed by atoms with van der Waals surface area (Å²) in [5.74, 6) is 0. The van der Waals surface area contributed by atoms with Gasteiger partial charge in [-0.3, -0.25) is 4.98 Å². The monoisotopic (exact) mass is 232 g/mol. The molecule has 2 aromatic heterocycles. The molecule has 2 heterocycles. The highest BCUT2D eigenvalue weighted by Crippen LogP contribution is 2.17. The fourth-order valence-electron chi connectivity index (χ4n) is 1.60. The van der Waals surface area contributed by atoms with Crippen LogP contribution in [0, 0.1) is 0 Å². The van der Waals surface area contributed by atoms with Crippen molar-refractivity contribution in [2.75, 3.05) is 6.54 Å². The van der Waals surface area contributed by atoms with E-state index in [1.165, 1.54) is 4.88 Å². The van der Waals surface area contributed by atoms with Crippen molar-refractivity contribution in [3.63, 3.8) is 0 Å². The molecule has 0 spiro atoms. The lowest BCUT2D eigenvalue weighted by Crippen LogP contribution is -2.20. The molecular weight excluding hydrogens is 216 g/mol. The lowest BCUT2D eigenvalue weighted by molar-refractivity contribution is 0.581.